The molecule has 1 N–H and O–H groups in total. The molecule has 0 aliphatic carbocycles. The predicted molar refractivity (Wildman–Crippen MR) is 77.0 cm³/mol. The van der Waals surface area contributed by atoms with E-state index in [1.807, 2.05) is 26.8 Å². The van der Waals surface area contributed by atoms with Crippen molar-refractivity contribution in [2.75, 3.05) is 0 Å². The Morgan fingerprint density at radius 1 is 1.29 bits per heavy atom. The van der Waals surface area contributed by atoms with E-state index in [1.54, 1.807) is 0 Å². The van der Waals surface area contributed by atoms with Crippen LogP contribution >= 0.6 is 0 Å². The van der Waals surface area contributed by atoms with Crippen LogP contribution in [0.1, 0.15) is 56.7 Å². The molecule has 0 bridgehead atoms. The Morgan fingerprint density at radius 2 is 1.94 bits per heavy atom. The molecule has 0 aliphatic rings. The van der Waals surface area contributed by atoms with Gasteiger partial charge in [0.1, 0.15) is 0 Å². The van der Waals surface area contributed by atoms with Crippen molar-refractivity contribution in [1.82, 2.24) is 0 Å². The highest BCUT2D eigenvalue weighted by Crippen LogP contribution is 2.21. The Balaban J connectivity index is 0.00000121. The minimum atomic E-state index is 0.112. The molecule has 0 aliphatic heterocycles. The normalized spacial score (nSPS) is 9.47. The highest BCUT2D eigenvalue weighted by Gasteiger charge is 2.02. The molecule has 17 heavy (non-hydrogen) atoms. The summed E-state index contributed by atoms with van der Waals surface area (Å²) in [4.78, 5) is 0. The molecule has 0 saturated carbocycles. The molecule has 0 radical (unpaired) electrons. The second-order valence-electron chi connectivity index (χ2n) is 4.01. The van der Waals surface area contributed by atoms with Crippen molar-refractivity contribution in [2.24, 2.45) is 0 Å². The van der Waals surface area contributed by atoms with E-state index in [0.29, 0.717) is 0 Å². The fraction of sp³-hybridized carbons (Fsp3) is 0.500. The summed E-state index contributed by atoms with van der Waals surface area (Å²) in [6.07, 6.45) is 3.42. The van der Waals surface area contributed by atoms with Gasteiger partial charge in [-0.25, -0.2) is 0 Å². The fourth-order valence-electron chi connectivity index (χ4n) is 1.60. The summed E-state index contributed by atoms with van der Waals surface area (Å²) >= 11 is 0. The average molecular weight is 234 g/mol. The number of unbranched alkanes of at least 4 members (excludes halogenated alkanes) is 1. The second-order valence-corrected chi connectivity index (χ2v) is 4.01. The van der Waals surface area contributed by atoms with Crippen LogP contribution in [0.3, 0.4) is 0 Å². The van der Waals surface area contributed by atoms with Crippen LogP contribution in [-0.4, -0.2) is 5.11 Å². The first-order chi connectivity index (χ1) is 8.19. The summed E-state index contributed by atoms with van der Waals surface area (Å²) in [5.41, 5.74) is 4.49. The van der Waals surface area contributed by atoms with Gasteiger partial charge in [-0.2, -0.15) is 0 Å². The number of rotatable bonds is 5. The quantitative estimate of drug-likeness (QED) is 0.781. The van der Waals surface area contributed by atoms with Crippen LogP contribution in [0.25, 0.3) is 5.57 Å². The molecule has 0 spiro atoms. The third-order valence-corrected chi connectivity index (χ3v) is 2.76. The maximum absolute atomic E-state index is 9.17. The van der Waals surface area contributed by atoms with Crippen LogP contribution in [0.15, 0.2) is 24.8 Å². The van der Waals surface area contributed by atoms with Gasteiger partial charge in [0, 0.05) is 0 Å². The highest BCUT2D eigenvalue weighted by atomic mass is 16.3. The first-order valence-corrected chi connectivity index (χ1v) is 6.57. The zero-order valence-electron chi connectivity index (χ0n) is 11.7. The van der Waals surface area contributed by atoms with Gasteiger partial charge < -0.3 is 5.11 Å². The van der Waals surface area contributed by atoms with Crippen molar-refractivity contribution in [3.63, 3.8) is 0 Å². The van der Waals surface area contributed by atoms with E-state index in [0.717, 1.165) is 23.1 Å². The van der Waals surface area contributed by atoms with Crippen LogP contribution < -0.4 is 0 Å². The summed E-state index contributed by atoms with van der Waals surface area (Å²) in [6.45, 7) is 12.4. The maximum atomic E-state index is 9.17. The number of aryl methyl sites for hydroxylation is 1. The van der Waals surface area contributed by atoms with Gasteiger partial charge in [0.15, 0.2) is 0 Å². The topological polar surface area (TPSA) is 20.2 Å². The molecule has 1 rings (SSSR count). The SMILES string of the molecule is C=C(CCCC)c1ccc(C)c(CO)c1.CC. The van der Waals surface area contributed by atoms with Gasteiger partial charge in [-0.1, -0.05) is 45.9 Å². The zero-order chi connectivity index (χ0) is 13.3. The molecule has 1 aromatic carbocycles. The van der Waals surface area contributed by atoms with Crippen molar-refractivity contribution < 1.29 is 5.11 Å². The summed E-state index contributed by atoms with van der Waals surface area (Å²) in [7, 11) is 0. The molecule has 1 aromatic rings. The smallest absolute Gasteiger partial charge is 0.0684 e. The van der Waals surface area contributed by atoms with Crippen molar-refractivity contribution >= 4 is 5.57 Å². The molecular weight excluding hydrogens is 208 g/mol. The standard InChI is InChI=1S/C14H20O.C2H6/c1-4-5-6-11(2)13-8-7-12(3)14(9-13)10-15;1-2/h7-9,15H,2,4-6,10H2,1,3H3;1-2H3. The number of benzene rings is 1. The van der Waals surface area contributed by atoms with Crippen molar-refractivity contribution in [3.8, 4) is 0 Å². The third-order valence-electron chi connectivity index (χ3n) is 2.76. The monoisotopic (exact) mass is 234 g/mol. The van der Waals surface area contributed by atoms with E-state index in [-0.39, 0.29) is 6.61 Å². The number of aliphatic hydroxyl groups excluding tert-OH is 1. The number of hydrogen-bond donors (Lipinski definition) is 1. The first kappa shape index (κ1) is 15.9. The van der Waals surface area contributed by atoms with E-state index in [9.17, 15) is 5.11 Å². The molecular formula is C16H26O. The summed E-state index contributed by atoms with van der Waals surface area (Å²) in [5.74, 6) is 0. The molecule has 0 unspecified atom stereocenters. The number of aliphatic hydroxyl groups is 1. The van der Waals surface area contributed by atoms with Crippen LogP contribution in [0.4, 0.5) is 0 Å². The molecule has 0 heterocycles. The molecule has 1 nitrogen and oxygen atoms in total. The summed E-state index contributed by atoms with van der Waals surface area (Å²) in [5, 5.41) is 9.17. The summed E-state index contributed by atoms with van der Waals surface area (Å²) in [6, 6.07) is 6.19. The van der Waals surface area contributed by atoms with E-state index in [1.165, 1.54) is 18.4 Å². The van der Waals surface area contributed by atoms with Crippen LogP contribution in [0, 0.1) is 6.92 Å². The predicted octanol–water partition coefficient (Wildman–Crippen LogP) is 4.72. The Hall–Kier alpha value is -1.08. The molecule has 1 heteroatoms. The molecule has 0 amide bonds. The van der Waals surface area contributed by atoms with Gasteiger partial charge in [-0.15, -0.1) is 0 Å². The van der Waals surface area contributed by atoms with E-state index < -0.39 is 0 Å². The molecule has 96 valence electrons. The first-order valence-electron chi connectivity index (χ1n) is 6.57. The molecule has 0 fully saturated rings. The minimum absolute atomic E-state index is 0.112. The average Bonchev–Trinajstić information content (AvgIpc) is 2.38. The van der Waals surface area contributed by atoms with Crippen molar-refractivity contribution in [2.45, 2.75) is 53.6 Å². The number of allylic oxidation sites excluding steroid dienone is 1. The lowest BCUT2D eigenvalue weighted by molar-refractivity contribution is 0.281. The number of hydrogen-bond acceptors (Lipinski definition) is 1. The Labute approximate surface area is 106 Å². The van der Waals surface area contributed by atoms with Gasteiger partial charge in [0.05, 0.1) is 6.61 Å². The molecule has 0 saturated heterocycles. The van der Waals surface area contributed by atoms with Crippen molar-refractivity contribution in [1.29, 1.82) is 0 Å². The zero-order valence-corrected chi connectivity index (χ0v) is 11.7. The van der Waals surface area contributed by atoms with E-state index in [4.69, 9.17) is 0 Å². The van der Waals surface area contributed by atoms with Crippen LogP contribution in [0.2, 0.25) is 0 Å². The fourth-order valence-corrected chi connectivity index (χ4v) is 1.60. The largest absolute Gasteiger partial charge is 0.392 e. The van der Waals surface area contributed by atoms with Crippen LogP contribution in [0.5, 0.6) is 0 Å². The van der Waals surface area contributed by atoms with E-state index in [2.05, 4.69) is 25.6 Å². The molecule has 0 atom stereocenters. The minimum Gasteiger partial charge on any atom is -0.392 e. The Kier molecular flexibility index (Phi) is 8.43. The van der Waals surface area contributed by atoms with E-state index >= 15 is 0 Å². The van der Waals surface area contributed by atoms with Crippen molar-refractivity contribution in [3.05, 3.63) is 41.5 Å². The van der Waals surface area contributed by atoms with Gasteiger partial charge in [0.2, 0.25) is 0 Å². The Morgan fingerprint density at radius 3 is 2.47 bits per heavy atom. The lowest BCUT2D eigenvalue weighted by Gasteiger charge is -2.09. The maximum Gasteiger partial charge on any atom is 0.0684 e. The third kappa shape index (κ3) is 5.18. The summed E-state index contributed by atoms with van der Waals surface area (Å²) < 4.78 is 0. The van der Waals surface area contributed by atoms with Gasteiger partial charge in [-0.05, 0) is 48.1 Å². The Bertz CT molecular complexity index is 339. The lowest BCUT2D eigenvalue weighted by atomic mass is 9.98. The highest BCUT2D eigenvalue weighted by molar-refractivity contribution is 5.64. The van der Waals surface area contributed by atoms with Crippen LogP contribution in [-0.2, 0) is 6.61 Å². The molecule has 0 aromatic heterocycles. The lowest BCUT2D eigenvalue weighted by Crippen LogP contribution is -1.92. The van der Waals surface area contributed by atoms with Gasteiger partial charge in [0.25, 0.3) is 0 Å². The van der Waals surface area contributed by atoms with Gasteiger partial charge in [-0.3, -0.25) is 0 Å². The van der Waals surface area contributed by atoms with Gasteiger partial charge >= 0.3 is 0 Å². The second kappa shape index (κ2) is 9.00.